The monoisotopic (exact) mass is 974 g/mol. The molecule has 2 aliphatic heterocycles. The maximum atomic E-state index is 13.2. The number of carbonyl (C=O) groups excluding carboxylic acids is 1. The van der Waals surface area contributed by atoms with Crippen molar-refractivity contribution < 1.29 is 64.6 Å². The molecular weight excluding hydrogens is 871 g/mol. The summed E-state index contributed by atoms with van der Waals surface area (Å²) in [6.45, 7) is 2.81. The Balaban J connectivity index is 1.77. The highest BCUT2D eigenvalue weighted by Gasteiger charge is 2.51. The number of allylic oxidation sites excluding steroid dienone is 1. The largest absolute Gasteiger partial charge is 0.394 e. The van der Waals surface area contributed by atoms with E-state index in [0.717, 1.165) is 38.5 Å². The van der Waals surface area contributed by atoms with Crippen molar-refractivity contribution in [1.82, 2.24) is 5.32 Å². The van der Waals surface area contributed by atoms with E-state index in [1.165, 1.54) is 167 Å². The van der Waals surface area contributed by atoms with Crippen molar-refractivity contribution in [3.8, 4) is 0 Å². The van der Waals surface area contributed by atoms with Gasteiger partial charge in [0.25, 0.3) is 0 Å². The van der Waals surface area contributed by atoms with Gasteiger partial charge in [0, 0.05) is 6.42 Å². The Kier molecular flexibility index (Phi) is 38.1. The molecule has 14 heteroatoms. The Labute approximate surface area is 412 Å². The van der Waals surface area contributed by atoms with Gasteiger partial charge in [0.05, 0.1) is 32.0 Å². The van der Waals surface area contributed by atoms with E-state index in [9.17, 15) is 45.6 Å². The summed E-state index contributed by atoms with van der Waals surface area (Å²) in [5.74, 6) is -0.236. The molecule has 0 bridgehead atoms. The summed E-state index contributed by atoms with van der Waals surface area (Å²) in [4.78, 5) is 13.2. The standard InChI is InChI=1S/C54H103NO13/c1-3-5-7-9-11-13-15-17-18-19-20-21-22-23-24-26-28-30-32-34-36-38-46(59)55-42(43(58)37-35-33-31-29-27-25-16-14-12-10-8-6-4-2)41-65-53-51(64)49(62)52(45(40-57)67-53)68-54-50(63)48(61)47(60)44(39-56)66-54/h35,37,42-45,47-54,56-58,60-64H,3-34,36,38-41H2,1-2H3,(H,55,59)/b37-35+/t42-,43+,44?,45?,47-,48-,49+,50?,51?,52+,53+,54-/m0/s1. The molecule has 0 aromatic rings. The summed E-state index contributed by atoms with van der Waals surface area (Å²) in [6.07, 6.45) is 28.2. The van der Waals surface area contributed by atoms with Crippen LogP contribution in [0, 0.1) is 0 Å². The zero-order valence-corrected chi connectivity index (χ0v) is 42.9. The Hall–Kier alpha value is -1.27. The molecule has 0 spiro atoms. The third-order valence-electron chi connectivity index (χ3n) is 14.0. The number of ether oxygens (including phenoxy) is 4. The fourth-order valence-corrected chi connectivity index (χ4v) is 9.41. The summed E-state index contributed by atoms with van der Waals surface area (Å²) in [7, 11) is 0. The van der Waals surface area contributed by atoms with Gasteiger partial charge in [-0.3, -0.25) is 4.79 Å². The third kappa shape index (κ3) is 27.5. The molecule has 9 N–H and O–H groups in total. The van der Waals surface area contributed by atoms with Crippen LogP contribution in [0.4, 0.5) is 0 Å². The predicted octanol–water partition coefficient (Wildman–Crippen LogP) is 8.33. The van der Waals surface area contributed by atoms with E-state index in [-0.39, 0.29) is 18.9 Å². The van der Waals surface area contributed by atoms with Gasteiger partial charge in [0.2, 0.25) is 5.91 Å². The Morgan fingerprint density at radius 1 is 0.515 bits per heavy atom. The first kappa shape index (κ1) is 62.8. The number of nitrogens with one attached hydrogen (secondary N) is 1. The molecule has 2 aliphatic rings. The van der Waals surface area contributed by atoms with Crippen LogP contribution in [0.3, 0.4) is 0 Å². The van der Waals surface area contributed by atoms with Crippen molar-refractivity contribution in [2.45, 2.75) is 306 Å². The van der Waals surface area contributed by atoms with E-state index >= 15 is 0 Å². The lowest BCUT2D eigenvalue weighted by molar-refractivity contribution is -0.359. The van der Waals surface area contributed by atoms with Crippen molar-refractivity contribution >= 4 is 5.91 Å². The van der Waals surface area contributed by atoms with Crippen LogP contribution in [0.15, 0.2) is 12.2 Å². The minimum atomic E-state index is -1.78. The Morgan fingerprint density at radius 3 is 1.35 bits per heavy atom. The van der Waals surface area contributed by atoms with Gasteiger partial charge in [0.1, 0.15) is 48.8 Å². The van der Waals surface area contributed by atoms with E-state index < -0.39 is 86.8 Å². The third-order valence-corrected chi connectivity index (χ3v) is 14.0. The lowest BCUT2D eigenvalue weighted by atomic mass is 9.97. The first-order valence-corrected chi connectivity index (χ1v) is 27.9. The van der Waals surface area contributed by atoms with Crippen LogP contribution < -0.4 is 5.32 Å². The van der Waals surface area contributed by atoms with Gasteiger partial charge in [-0.05, 0) is 19.3 Å². The Morgan fingerprint density at radius 2 is 0.912 bits per heavy atom. The van der Waals surface area contributed by atoms with Crippen molar-refractivity contribution in [2.75, 3.05) is 19.8 Å². The number of hydrogen-bond donors (Lipinski definition) is 9. The van der Waals surface area contributed by atoms with Gasteiger partial charge >= 0.3 is 0 Å². The molecule has 14 nitrogen and oxygen atoms in total. The highest BCUT2D eigenvalue weighted by atomic mass is 16.7. The normalized spacial score (nSPS) is 26.4. The highest BCUT2D eigenvalue weighted by Crippen LogP contribution is 2.30. The van der Waals surface area contributed by atoms with Crippen molar-refractivity contribution in [1.29, 1.82) is 0 Å². The number of hydrogen-bond acceptors (Lipinski definition) is 13. The maximum absolute atomic E-state index is 13.2. The molecule has 2 heterocycles. The van der Waals surface area contributed by atoms with Gasteiger partial charge in [-0.1, -0.05) is 219 Å². The second-order valence-electron chi connectivity index (χ2n) is 20.1. The second-order valence-corrected chi connectivity index (χ2v) is 20.1. The molecule has 2 rings (SSSR count). The van der Waals surface area contributed by atoms with Gasteiger partial charge in [-0.15, -0.1) is 0 Å². The average molecular weight is 974 g/mol. The lowest BCUT2D eigenvalue weighted by Crippen LogP contribution is -2.65. The van der Waals surface area contributed by atoms with Gasteiger partial charge in [0.15, 0.2) is 12.6 Å². The van der Waals surface area contributed by atoms with E-state index in [0.29, 0.717) is 6.42 Å². The average Bonchev–Trinajstić information content (AvgIpc) is 3.34. The molecule has 0 saturated carbocycles. The first-order valence-electron chi connectivity index (χ1n) is 27.9. The number of unbranched alkanes of at least 4 members (excludes halogenated alkanes) is 31. The van der Waals surface area contributed by atoms with Gasteiger partial charge < -0.3 is 65.1 Å². The fraction of sp³-hybridized carbons (Fsp3) is 0.944. The van der Waals surface area contributed by atoms with Crippen LogP contribution in [0.5, 0.6) is 0 Å². The number of carbonyl (C=O) groups is 1. The van der Waals surface area contributed by atoms with E-state index in [4.69, 9.17) is 18.9 Å². The summed E-state index contributed by atoms with van der Waals surface area (Å²) in [5.41, 5.74) is 0. The molecule has 1 amide bonds. The molecule has 0 aliphatic carbocycles. The summed E-state index contributed by atoms with van der Waals surface area (Å²) >= 11 is 0. The van der Waals surface area contributed by atoms with Crippen molar-refractivity contribution in [3.05, 3.63) is 12.2 Å². The molecule has 4 unspecified atom stereocenters. The fourth-order valence-electron chi connectivity index (χ4n) is 9.41. The minimum Gasteiger partial charge on any atom is -0.394 e. The highest BCUT2D eigenvalue weighted by molar-refractivity contribution is 5.76. The second kappa shape index (κ2) is 41.2. The molecular formula is C54H103NO13. The van der Waals surface area contributed by atoms with Gasteiger partial charge in [-0.2, -0.15) is 0 Å². The topological polar surface area (TPSA) is 228 Å². The lowest BCUT2D eigenvalue weighted by Gasteiger charge is -2.46. The molecule has 402 valence electrons. The van der Waals surface area contributed by atoms with Crippen LogP contribution in [0.1, 0.15) is 232 Å². The zero-order valence-electron chi connectivity index (χ0n) is 42.9. The SMILES string of the molecule is CCCCCCCCCCCCC/C=C/[C@@H](O)[C@H](CO[C@@H]1OC(CO)[C@@H](O[C@@H]2OC(CO)[C@H](O)[C@H](O)C2O)[C@H](O)C1O)NC(=O)CCCCCCCCCCCCCCCCCCCCCCC. The van der Waals surface area contributed by atoms with Gasteiger partial charge in [-0.25, -0.2) is 0 Å². The first-order chi connectivity index (χ1) is 33.1. The number of rotatable bonds is 44. The number of aliphatic hydroxyl groups is 8. The number of aliphatic hydroxyl groups excluding tert-OH is 8. The molecule has 0 radical (unpaired) electrons. The predicted molar refractivity (Wildman–Crippen MR) is 268 cm³/mol. The van der Waals surface area contributed by atoms with E-state index in [2.05, 4.69) is 19.2 Å². The van der Waals surface area contributed by atoms with Crippen LogP contribution in [0.25, 0.3) is 0 Å². The van der Waals surface area contributed by atoms with Crippen LogP contribution >= 0.6 is 0 Å². The molecule has 2 fully saturated rings. The van der Waals surface area contributed by atoms with Crippen LogP contribution in [0.2, 0.25) is 0 Å². The van der Waals surface area contributed by atoms with Crippen LogP contribution in [-0.4, -0.2) is 140 Å². The molecule has 68 heavy (non-hydrogen) atoms. The zero-order chi connectivity index (χ0) is 49.6. The molecule has 0 aromatic heterocycles. The maximum Gasteiger partial charge on any atom is 0.220 e. The summed E-state index contributed by atoms with van der Waals surface area (Å²) in [5, 5.41) is 86.9. The molecule has 0 aromatic carbocycles. The smallest absolute Gasteiger partial charge is 0.220 e. The van der Waals surface area contributed by atoms with E-state index in [1.54, 1.807) is 6.08 Å². The van der Waals surface area contributed by atoms with Crippen molar-refractivity contribution in [3.63, 3.8) is 0 Å². The molecule has 12 atom stereocenters. The molecule has 2 saturated heterocycles. The summed E-state index contributed by atoms with van der Waals surface area (Å²) < 4.78 is 22.7. The van der Waals surface area contributed by atoms with E-state index in [1.807, 2.05) is 6.08 Å². The minimum absolute atomic E-state index is 0.236. The Bertz CT molecular complexity index is 1200. The van der Waals surface area contributed by atoms with Crippen molar-refractivity contribution in [2.24, 2.45) is 0 Å². The van der Waals surface area contributed by atoms with Crippen LogP contribution in [-0.2, 0) is 23.7 Å². The quantitative estimate of drug-likeness (QED) is 0.0207. The summed E-state index contributed by atoms with van der Waals surface area (Å²) in [6, 6.07) is -0.908. The number of amides is 1.